The molecular weight excluding hydrogens is 256 g/mol. The molecule has 0 aromatic rings. The number of alkyl halides is 1. The number of halogens is 1. The minimum Gasteiger partial charge on any atom is -0.468 e. The smallest absolute Gasteiger partial charge is 0.319 e. The highest BCUT2D eigenvalue weighted by molar-refractivity contribution is 9.10. The number of methoxy groups -OCH3 is 1. The third kappa shape index (κ3) is 8.91. The molecule has 0 aromatic heterocycles. The molecule has 0 aliphatic rings. The van der Waals surface area contributed by atoms with E-state index >= 15 is 0 Å². The molecule has 0 amide bonds. The summed E-state index contributed by atoms with van der Waals surface area (Å²) >= 11 is 3.32. The molecule has 90 valence electrons. The van der Waals surface area contributed by atoms with Crippen molar-refractivity contribution in [2.75, 3.05) is 7.11 Å². The first kappa shape index (κ1) is 14.9. The largest absolute Gasteiger partial charge is 0.468 e. The van der Waals surface area contributed by atoms with E-state index in [-0.39, 0.29) is 10.8 Å². The topological polar surface area (TPSA) is 26.3 Å². The highest BCUT2D eigenvalue weighted by Crippen LogP contribution is 2.14. The first-order chi connectivity index (χ1) is 7.22. The highest BCUT2D eigenvalue weighted by atomic mass is 79.9. The molecule has 0 aliphatic heterocycles. The lowest BCUT2D eigenvalue weighted by Gasteiger charge is -2.06. The fraction of sp³-hybridized carbons (Fsp3) is 0.917. The van der Waals surface area contributed by atoms with Gasteiger partial charge in [0.05, 0.1) is 7.11 Å². The summed E-state index contributed by atoms with van der Waals surface area (Å²) in [5.74, 6) is -0.152. The first-order valence-corrected chi connectivity index (χ1v) is 6.85. The van der Waals surface area contributed by atoms with Gasteiger partial charge in [-0.05, 0) is 6.42 Å². The van der Waals surface area contributed by atoms with E-state index in [1.165, 1.54) is 45.6 Å². The number of unbranched alkanes of at least 4 members (excludes halogenated alkanes) is 6. The molecule has 0 fully saturated rings. The van der Waals surface area contributed by atoms with Crippen molar-refractivity contribution in [3.05, 3.63) is 0 Å². The third-order valence-corrected chi connectivity index (χ3v) is 3.35. The van der Waals surface area contributed by atoms with Gasteiger partial charge in [-0.2, -0.15) is 0 Å². The molecule has 1 unspecified atom stereocenters. The molecule has 15 heavy (non-hydrogen) atoms. The molecule has 0 bridgehead atoms. The van der Waals surface area contributed by atoms with E-state index in [1.54, 1.807) is 0 Å². The Morgan fingerprint density at radius 2 is 1.67 bits per heavy atom. The van der Waals surface area contributed by atoms with Gasteiger partial charge in [0, 0.05) is 0 Å². The molecule has 0 spiro atoms. The Hall–Kier alpha value is -0.0500. The molecule has 0 rings (SSSR count). The first-order valence-electron chi connectivity index (χ1n) is 5.94. The Balaban J connectivity index is 3.20. The van der Waals surface area contributed by atoms with Crippen molar-refractivity contribution < 1.29 is 9.53 Å². The van der Waals surface area contributed by atoms with Crippen molar-refractivity contribution in [1.29, 1.82) is 0 Å². The quantitative estimate of drug-likeness (QED) is 0.361. The van der Waals surface area contributed by atoms with Gasteiger partial charge in [-0.3, -0.25) is 4.79 Å². The second kappa shape index (κ2) is 10.5. The number of esters is 1. The van der Waals surface area contributed by atoms with Crippen LogP contribution in [0.1, 0.15) is 58.3 Å². The highest BCUT2D eigenvalue weighted by Gasteiger charge is 2.13. The monoisotopic (exact) mass is 278 g/mol. The Morgan fingerprint density at radius 1 is 1.13 bits per heavy atom. The van der Waals surface area contributed by atoms with Crippen LogP contribution in [0.4, 0.5) is 0 Å². The van der Waals surface area contributed by atoms with Gasteiger partial charge in [0.1, 0.15) is 4.83 Å². The summed E-state index contributed by atoms with van der Waals surface area (Å²) in [6.07, 6.45) is 9.85. The second-order valence-electron chi connectivity index (χ2n) is 3.90. The van der Waals surface area contributed by atoms with Gasteiger partial charge in [-0.1, -0.05) is 67.8 Å². The molecule has 0 aromatic carbocycles. The van der Waals surface area contributed by atoms with Crippen LogP contribution in [0.25, 0.3) is 0 Å². The lowest BCUT2D eigenvalue weighted by atomic mass is 10.1. The summed E-state index contributed by atoms with van der Waals surface area (Å²) in [4.78, 5) is 10.9. The minimum absolute atomic E-state index is 0.113. The van der Waals surface area contributed by atoms with Crippen molar-refractivity contribution in [2.45, 2.75) is 63.1 Å². The molecular formula is C12H23BrO2. The SMILES string of the molecule is CCCCCCCCCC(Br)C(=O)OC. The summed E-state index contributed by atoms with van der Waals surface area (Å²) in [6.45, 7) is 2.23. The van der Waals surface area contributed by atoms with E-state index in [2.05, 4.69) is 27.6 Å². The van der Waals surface area contributed by atoms with Gasteiger partial charge in [0.15, 0.2) is 0 Å². The van der Waals surface area contributed by atoms with Crippen molar-refractivity contribution in [2.24, 2.45) is 0 Å². The number of hydrogen-bond acceptors (Lipinski definition) is 2. The summed E-state index contributed by atoms with van der Waals surface area (Å²) in [5, 5.41) is 0. The molecule has 0 aliphatic carbocycles. The number of hydrogen-bond donors (Lipinski definition) is 0. The van der Waals surface area contributed by atoms with Crippen LogP contribution in [-0.2, 0) is 9.53 Å². The predicted molar refractivity (Wildman–Crippen MR) is 67.3 cm³/mol. The molecule has 0 heterocycles. The van der Waals surface area contributed by atoms with Crippen LogP contribution >= 0.6 is 15.9 Å². The summed E-state index contributed by atoms with van der Waals surface area (Å²) < 4.78 is 4.64. The molecule has 0 radical (unpaired) electrons. The molecule has 0 saturated heterocycles. The van der Waals surface area contributed by atoms with Gasteiger partial charge in [-0.15, -0.1) is 0 Å². The average molecular weight is 279 g/mol. The molecule has 0 N–H and O–H groups in total. The molecule has 0 saturated carbocycles. The average Bonchev–Trinajstić information content (AvgIpc) is 2.26. The number of carbonyl (C=O) groups is 1. The van der Waals surface area contributed by atoms with Crippen molar-refractivity contribution >= 4 is 21.9 Å². The Morgan fingerprint density at radius 3 is 2.20 bits per heavy atom. The maximum absolute atomic E-state index is 11.0. The fourth-order valence-corrected chi connectivity index (χ4v) is 2.04. The molecule has 1 atom stereocenters. The zero-order chi connectivity index (χ0) is 11.5. The van der Waals surface area contributed by atoms with Gasteiger partial charge >= 0.3 is 5.97 Å². The lowest BCUT2D eigenvalue weighted by molar-refractivity contribution is -0.139. The van der Waals surface area contributed by atoms with Crippen LogP contribution < -0.4 is 0 Å². The minimum atomic E-state index is -0.152. The van der Waals surface area contributed by atoms with E-state index < -0.39 is 0 Å². The van der Waals surface area contributed by atoms with Crippen molar-refractivity contribution in [3.63, 3.8) is 0 Å². The van der Waals surface area contributed by atoms with Crippen LogP contribution in [0, 0.1) is 0 Å². The van der Waals surface area contributed by atoms with E-state index in [1.807, 2.05) is 0 Å². The zero-order valence-electron chi connectivity index (χ0n) is 9.93. The Bertz CT molecular complexity index is 160. The van der Waals surface area contributed by atoms with Gasteiger partial charge in [0.2, 0.25) is 0 Å². The van der Waals surface area contributed by atoms with Crippen molar-refractivity contribution in [3.8, 4) is 0 Å². The van der Waals surface area contributed by atoms with E-state index in [4.69, 9.17) is 0 Å². The Kier molecular flexibility index (Phi) is 10.4. The number of ether oxygens (including phenoxy) is 1. The van der Waals surface area contributed by atoms with Crippen LogP contribution in [0.15, 0.2) is 0 Å². The van der Waals surface area contributed by atoms with Crippen LogP contribution in [-0.4, -0.2) is 17.9 Å². The fourth-order valence-electron chi connectivity index (χ4n) is 1.53. The van der Waals surface area contributed by atoms with Gasteiger partial charge in [-0.25, -0.2) is 0 Å². The standard InChI is InChI=1S/C12H23BrO2/c1-3-4-5-6-7-8-9-10-11(13)12(14)15-2/h11H,3-10H2,1-2H3. The third-order valence-electron chi connectivity index (χ3n) is 2.52. The summed E-state index contributed by atoms with van der Waals surface area (Å²) in [6, 6.07) is 0. The van der Waals surface area contributed by atoms with Crippen molar-refractivity contribution in [1.82, 2.24) is 0 Å². The van der Waals surface area contributed by atoms with Gasteiger partial charge in [0.25, 0.3) is 0 Å². The zero-order valence-corrected chi connectivity index (χ0v) is 11.5. The van der Waals surface area contributed by atoms with Crippen LogP contribution in [0.5, 0.6) is 0 Å². The van der Waals surface area contributed by atoms with E-state index in [9.17, 15) is 4.79 Å². The number of rotatable bonds is 9. The molecule has 3 heteroatoms. The van der Waals surface area contributed by atoms with Crippen LogP contribution in [0.2, 0.25) is 0 Å². The number of carbonyl (C=O) groups excluding carboxylic acids is 1. The maximum Gasteiger partial charge on any atom is 0.319 e. The molecule has 2 nitrogen and oxygen atoms in total. The summed E-state index contributed by atoms with van der Waals surface area (Å²) in [5.41, 5.74) is 0. The lowest BCUT2D eigenvalue weighted by Crippen LogP contribution is -2.15. The Labute approximate surface area is 102 Å². The second-order valence-corrected chi connectivity index (χ2v) is 5.01. The van der Waals surface area contributed by atoms with E-state index in [0.717, 1.165) is 12.8 Å². The summed E-state index contributed by atoms with van der Waals surface area (Å²) in [7, 11) is 1.43. The predicted octanol–water partition coefficient (Wildman–Crippen LogP) is 4.06. The van der Waals surface area contributed by atoms with Gasteiger partial charge < -0.3 is 4.74 Å². The van der Waals surface area contributed by atoms with E-state index in [0.29, 0.717) is 0 Å². The normalized spacial score (nSPS) is 12.5. The van der Waals surface area contributed by atoms with Crippen LogP contribution in [0.3, 0.4) is 0 Å². The maximum atomic E-state index is 11.0.